The molecule has 0 bridgehead atoms. The van der Waals surface area contributed by atoms with E-state index in [1.54, 1.807) is 6.08 Å². The first kappa shape index (κ1) is 52.0. The number of aromatic nitrogens is 1. The fourth-order valence-electron chi connectivity index (χ4n) is 12.5. The van der Waals surface area contributed by atoms with Gasteiger partial charge in [-0.05, 0) is 156 Å². The van der Waals surface area contributed by atoms with Crippen LogP contribution < -0.4 is 26.2 Å². The molecule has 0 atom stereocenters. The van der Waals surface area contributed by atoms with Gasteiger partial charge < -0.3 is 18.8 Å². The van der Waals surface area contributed by atoms with Crippen LogP contribution in [-0.4, -0.2) is 11.3 Å². The third-order valence-electron chi connectivity index (χ3n) is 17.1. The number of benzene rings is 8. The standard InChI is InChI=1S/C74H76BN3O/c1-18-54-56-22-20-21-55(69(56)79-67(54)19-2)45-23-31-51(32-24-45)78-64-44-63-58(57-39-48(72(9,10)11)29-37-61(57)76(63)52-33-25-46(26-34-52)70(3,4)5)43-60(64)75-59-40-49(73(12,13)14)30-38-62(59)77(53-35-27-47(28-36-53)71(6,7)8)65-41-50(74(15,16)17)42-66(78)68(65)75/h18-44H,1-2H2,3-17H3. The van der Waals surface area contributed by atoms with Crippen molar-refractivity contribution in [2.45, 2.75) is 131 Å². The summed E-state index contributed by atoms with van der Waals surface area (Å²) in [6.07, 6.45) is 3.65. The predicted octanol–water partition coefficient (Wildman–Crippen LogP) is 19.1. The largest absolute Gasteiger partial charge is 0.455 e. The number of hydrogen-bond donors (Lipinski definition) is 0. The van der Waals surface area contributed by atoms with Crippen molar-refractivity contribution in [2.75, 3.05) is 9.80 Å². The van der Waals surface area contributed by atoms with E-state index in [0.29, 0.717) is 0 Å². The third kappa shape index (κ3) is 8.49. The summed E-state index contributed by atoms with van der Waals surface area (Å²) >= 11 is 0. The second kappa shape index (κ2) is 17.9. The molecule has 0 saturated carbocycles. The molecule has 4 heterocycles. The van der Waals surface area contributed by atoms with E-state index in [9.17, 15) is 0 Å². The molecule has 10 aromatic rings. The predicted molar refractivity (Wildman–Crippen MR) is 344 cm³/mol. The van der Waals surface area contributed by atoms with Gasteiger partial charge in [-0.25, -0.2) is 0 Å². The first-order valence-electron chi connectivity index (χ1n) is 28.4. The number of fused-ring (bicyclic) bond motifs is 8. The molecule has 8 aromatic carbocycles. The van der Waals surface area contributed by atoms with Crippen LogP contribution in [0.25, 0.3) is 61.7 Å². The number of furan rings is 1. The van der Waals surface area contributed by atoms with Crippen LogP contribution in [0.2, 0.25) is 0 Å². The van der Waals surface area contributed by atoms with Crippen molar-refractivity contribution in [3.05, 3.63) is 204 Å². The summed E-state index contributed by atoms with van der Waals surface area (Å²) in [5.41, 5.74) is 24.7. The molecule has 2 aromatic heterocycles. The minimum Gasteiger partial charge on any atom is -0.455 e. The lowest BCUT2D eigenvalue weighted by Crippen LogP contribution is -2.61. The Hall–Kier alpha value is -7.76. The van der Waals surface area contributed by atoms with Crippen LogP contribution in [0.5, 0.6) is 0 Å². The molecule has 0 fully saturated rings. The van der Waals surface area contributed by atoms with E-state index in [4.69, 9.17) is 4.42 Å². The highest BCUT2D eigenvalue weighted by Gasteiger charge is 2.45. The van der Waals surface area contributed by atoms with Crippen LogP contribution in [0.15, 0.2) is 169 Å². The van der Waals surface area contributed by atoms with E-state index in [0.717, 1.165) is 50.5 Å². The Morgan fingerprint density at radius 2 is 0.899 bits per heavy atom. The highest BCUT2D eigenvalue weighted by molar-refractivity contribution is 7.00. The second-order valence-electron chi connectivity index (χ2n) is 27.7. The SMILES string of the molecule is C=Cc1oc2c(-c3ccc(N4c5cc6c(cc5B5c7cc(C(C)(C)C)ccc7N(c7ccc(C(C)(C)C)cc7)c7cc(C(C)(C)C)cc4c75)c4cc(C(C)(C)C)ccc4n6-c4ccc(C(C)(C)C)cc4)cc3)cccc2c1C=C. The van der Waals surface area contributed by atoms with Crippen molar-refractivity contribution in [1.29, 1.82) is 0 Å². The van der Waals surface area contributed by atoms with Crippen molar-refractivity contribution in [2.24, 2.45) is 0 Å². The Labute approximate surface area is 470 Å². The molecule has 12 rings (SSSR count). The van der Waals surface area contributed by atoms with Crippen LogP contribution in [-0.2, 0) is 27.1 Å². The summed E-state index contributed by atoms with van der Waals surface area (Å²) in [6, 6.07) is 58.9. The van der Waals surface area contributed by atoms with Gasteiger partial charge in [0.05, 0.1) is 11.0 Å². The van der Waals surface area contributed by atoms with Gasteiger partial charge in [-0.2, -0.15) is 0 Å². The van der Waals surface area contributed by atoms with Crippen molar-refractivity contribution in [3.8, 4) is 16.8 Å². The fourth-order valence-corrected chi connectivity index (χ4v) is 12.5. The average molecular weight is 1030 g/mol. The van der Waals surface area contributed by atoms with Crippen LogP contribution in [0.1, 0.15) is 143 Å². The summed E-state index contributed by atoms with van der Waals surface area (Å²) in [4.78, 5) is 5.17. The summed E-state index contributed by atoms with van der Waals surface area (Å²) < 4.78 is 9.06. The molecule has 5 heteroatoms. The quantitative estimate of drug-likeness (QED) is 0.155. The molecule has 2 aliphatic rings. The van der Waals surface area contributed by atoms with E-state index >= 15 is 0 Å². The number of para-hydroxylation sites is 1. The Morgan fingerprint density at radius 3 is 1.46 bits per heavy atom. The monoisotopic (exact) mass is 1030 g/mol. The minimum absolute atomic E-state index is 0.0155. The van der Waals surface area contributed by atoms with E-state index in [1.807, 2.05) is 6.08 Å². The summed E-state index contributed by atoms with van der Waals surface area (Å²) in [6.45, 7) is 43.0. The van der Waals surface area contributed by atoms with Crippen LogP contribution in [0, 0.1) is 0 Å². The molecule has 0 N–H and O–H groups in total. The van der Waals surface area contributed by atoms with Crippen LogP contribution in [0.3, 0.4) is 0 Å². The minimum atomic E-state index is -0.175. The normalized spacial score (nSPS) is 13.8. The molecular formula is C74H76BN3O. The molecular weight excluding hydrogens is 958 g/mol. The summed E-state index contributed by atoms with van der Waals surface area (Å²) in [5.74, 6) is 0.732. The molecule has 0 radical (unpaired) electrons. The number of nitrogens with zero attached hydrogens (tertiary/aromatic N) is 3. The second-order valence-corrected chi connectivity index (χ2v) is 27.7. The zero-order valence-electron chi connectivity index (χ0n) is 49.3. The number of hydrogen-bond acceptors (Lipinski definition) is 3. The van der Waals surface area contributed by atoms with Gasteiger partial charge in [0.15, 0.2) is 0 Å². The van der Waals surface area contributed by atoms with Gasteiger partial charge in [-0.3, -0.25) is 0 Å². The van der Waals surface area contributed by atoms with Crippen molar-refractivity contribution in [1.82, 2.24) is 4.57 Å². The maximum atomic E-state index is 6.54. The topological polar surface area (TPSA) is 24.6 Å². The van der Waals surface area contributed by atoms with Gasteiger partial charge in [0, 0.05) is 67.1 Å². The van der Waals surface area contributed by atoms with E-state index in [-0.39, 0.29) is 33.8 Å². The average Bonchev–Trinajstić information content (AvgIpc) is 3.79. The van der Waals surface area contributed by atoms with Gasteiger partial charge in [0.25, 0.3) is 6.71 Å². The zero-order valence-corrected chi connectivity index (χ0v) is 49.3. The lowest BCUT2D eigenvalue weighted by atomic mass is 9.33. The Morgan fingerprint density at radius 1 is 0.405 bits per heavy atom. The van der Waals surface area contributed by atoms with E-state index in [1.165, 1.54) is 88.8 Å². The molecule has 2 aliphatic heterocycles. The number of anilines is 6. The highest BCUT2D eigenvalue weighted by atomic mass is 16.3. The molecule has 0 aliphatic carbocycles. The van der Waals surface area contributed by atoms with Gasteiger partial charge in [-0.15, -0.1) is 0 Å². The lowest BCUT2D eigenvalue weighted by Gasteiger charge is -2.45. The van der Waals surface area contributed by atoms with Gasteiger partial charge >= 0.3 is 0 Å². The maximum Gasteiger partial charge on any atom is 0.252 e. The fraction of sp³-hybridized carbons (Fsp3) is 0.270. The van der Waals surface area contributed by atoms with Crippen LogP contribution in [0.4, 0.5) is 34.1 Å². The van der Waals surface area contributed by atoms with Crippen LogP contribution >= 0.6 is 0 Å². The van der Waals surface area contributed by atoms with Crippen molar-refractivity contribution in [3.63, 3.8) is 0 Å². The zero-order chi connectivity index (χ0) is 56.0. The maximum absolute atomic E-state index is 6.54. The van der Waals surface area contributed by atoms with Crippen molar-refractivity contribution < 1.29 is 4.42 Å². The summed E-state index contributed by atoms with van der Waals surface area (Å²) in [7, 11) is 0. The molecule has 396 valence electrons. The lowest BCUT2D eigenvalue weighted by molar-refractivity contribution is 0.589. The first-order chi connectivity index (χ1) is 37.2. The Bertz CT molecular complexity index is 4110. The molecule has 79 heavy (non-hydrogen) atoms. The molecule has 0 saturated heterocycles. The van der Waals surface area contributed by atoms with Gasteiger partial charge in [0.2, 0.25) is 0 Å². The van der Waals surface area contributed by atoms with Crippen molar-refractivity contribution >= 4 is 102 Å². The smallest absolute Gasteiger partial charge is 0.252 e. The number of rotatable bonds is 6. The molecule has 0 spiro atoms. The first-order valence-corrected chi connectivity index (χ1v) is 28.4. The summed E-state index contributed by atoms with van der Waals surface area (Å²) in [5, 5.41) is 3.55. The molecule has 0 unspecified atom stereocenters. The van der Waals surface area contributed by atoms with Gasteiger partial charge in [-0.1, -0.05) is 202 Å². The molecule has 0 amide bonds. The van der Waals surface area contributed by atoms with Gasteiger partial charge in [0.1, 0.15) is 11.3 Å². The van der Waals surface area contributed by atoms with E-state index < -0.39 is 0 Å². The molecule has 4 nitrogen and oxygen atoms in total. The third-order valence-corrected chi connectivity index (χ3v) is 17.1. The van der Waals surface area contributed by atoms with E-state index in [2.05, 4.69) is 283 Å². The Balaban J connectivity index is 1.20. The highest BCUT2D eigenvalue weighted by Crippen LogP contribution is 2.49. The Kier molecular flexibility index (Phi) is 11.8.